The number of anilines is 3. The standard InChI is InChI=1S/C17H23N5O4S4/c1-8(2)10-5-12(27-6-10)13(9(3)4)20-16-15(21-29(24)22-16)19-11-7-28-17(14(11)23)30(18,25)26/h5-9,13,23H,1-4H3,(H,19,21)(H,20,22)(H2,18,25,26)/t13-,29?/m1/s1. The number of hydrogen-bond donors (Lipinski definition) is 4. The fourth-order valence-corrected chi connectivity index (χ4v) is 6.34. The predicted molar refractivity (Wildman–Crippen MR) is 121 cm³/mol. The Morgan fingerprint density at radius 1 is 1.17 bits per heavy atom. The van der Waals surface area contributed by atoms with Crippen LogP contribution in [-0.4, -0.2) is 26.8 Å². The summed E-state index contributed by atoms with van der Waals surface area (Å²) in [6, 6.07) is 2.05. The molecule has 0 aliphatic heterocycles. The zero-order valence-electron chi connectivity index (χ0n) is 16.7. The van der Waals surface area contributed by atoms with Gasteiger partial charge in [0.05, 0.1) is 11.7 Å². The molecule has 0 spiro atoms. The quantitative estimate of drug-likeness (QED) is 0.340. The van der Waals surface area contributed by atoms with Gasteiger partial charge < -0.3 is 20.3 Å². The molecular formula is C17H23N5O4S4. The van der Waals surface area contributed by atoms with Crippen molar-refractivity contribution in [1.82, 2.24) is 8.75 Å². The van der Waals surface area contributed by atoms with Crippen LogP contribution in [0.25, 0.3) is 0 Å². The van der Waals surface area contributed by atoms with Crippen molar-refractivity contribution in [2.75, 3.05) is 10.6 Å². The number of primary sulfonamides is 1. The van der Waals surface area contributed by atoms with E-state index < -0.39 is 26.9 Å². The highest BCUT2D eigenvalue weighted by Crippen LogP contribution is 2.41. The molecule has 30 heavy (non-hydrogen) atoms. The monoisotopic (exact) mass is 489 g/mol. The number of sulfonamides is 1. The summed E-state index contributed by atoms with van der Waals surface area (Å²) >= 11 is 0.586. The summed E-state index contributed by atoms with van der Waals surface area (Å²) in [6.07, 6.45) is 0. The van der Waals surface area contributed by atoms with E-state index >= 15 is 0 Å². The van der Waals surface area contributed by atoms with Crippen molar-refractivity contribution < 1.29 is 18.1 Å². The lowest BCUT2D eigenvalue weighted by molar-refractivity contribution is 0.466. The van der Waals surface area contributed by atoms with E-state index in [-0.39, 0.29) is 33.5 Å². The molecular weight excluding hydrogens is 466 g/mol. The average Bonchev–Trinajstić information content (AvgIpc) is 3.32. The number of nitrogens with two attached hydrogens (primary N) is 1. The third-order valence-electron chi connectivity index (χ3n) is 4.38. The summed E-state index contributed by atoms with van der Waals surface area (Å²) in [5.41, 5.74) is 1.33. The second-order valence-electron chi connectivity index (χ2n) is 7.37. The summed E-state index contributed by atoms with van der Waals surface area (Å²) < 4.78 is 42.7. The molecule has 3 rings (SSSR count). The molecule has 0 aromatic carbocycles. The maximum Gasteiger partial charge on any atom is 0.251 e. The summed E-state index contributed by atoms with van der Waals surface area (Å²) in [6.45, 7) is 8.38. The first kappa shape index (κ1) is 22.9. The number of hydrogen-bond acceptors (Lipinski definition) is 10. The van der Waals surface area contributed by atoms with Crippen molar-refractivity contribution in [3.8, 4) is 5.75 Å². The van der Waals surface area contributed by atoms with Crippen molar-refractivity contribution in [2.24, 2.45) is 11.1 Å². The molecule has 5 N–H and O–H groups in total. The van der Waals surface area contributed by atoms with Gasteiger partial charge in [-0.15, -0.1) is 22.7 Å². The van der Waals surface area contributed by atoms with Crippen LogP contribution in [0, 0.1) is 5.92 Å². The van der Waals surface area contributed by atoms with Crippen LogP contribution in [0.4, 0.5) is 17.3 Å². The Labute approximate surface area is 186 Å². The predicted octanol–water partition coefficient (Wildman–Crippen LogP) is 4.36. The summed E-state index contributed by atoms with van der Waals surface area (Å²) in [4.78, 5) is 1.11. The van der Waals surface area contributed by atoms with Gasteiger partial charge in [0.15, 0.2) is 21.1 Å². The molecule has 0 fully saturated rings. The highest BCUT2D eigenvalue weighted by atomic mass is 32.2. The minimum atomic E-state index is -4.06. The van der Waals surface area contributed by atoms with Gasteiger partial charge in [0.1, 0.15) is 0 Å². The summed E-state index contributed by atoms with van der Waals surface area (Å²) in [5.74, 6) is 0.517. The highest BCUT2D eigenvalue weighted by molar-refractivity contribution is 7.91. The molecule has 0 bridgehead atoms. The Morgan fingerprint density at radius 2 is 1.83 bits per heavy atom. The number of thiophene rings is 2. The first-order valence-corrected chi connectivity index (χ1v) is 13.4. The lowest BCUT2D eigenvalue weighted by atomic mass is 10.00. The summed E-state index contributed by atoms with van der Waals surface area (Å²) in [7, 11) is -4.06. The molecule has 3 heterocycles. The van der Waals surface area contributed by atoms with E-state index in [1.807, 2.05) is 0 Å². The van der Waals surface area contributed by atoms with Crippen molar-refractivity contribution in [3.63, 3.8) is 0 Å². The van der Waals surface area contributed by atoms with E-state index in [0.29, 0.717) is 5.92 Å². The molecule has 1 unspecified atom stereocenters. The lowest BCUT2D eigenvalue weighted by Crippen LogP contribution is -2.16. The second kappa shape index (κ2) is 8.77. The maximum absolute atomic E-state index is 12.0. The van der Waals surface area contributed by atoms with E-state index in [4.69, 9.17) is 5.14 Å². The Bertz CT molecular complexity index is 1130. The van der Waals surface area contributed by atoms with Crippen molar-refractivity contribution in [1.29, 1.82) is 0 Å². The van der Waals surface area contributed by atoms with Gasteiger partial charge in [0.25, 0.3) is 10.0 Å². The van der Waals surface area contributed by atoms with Crippen LogP contribution >= 0.6 is 33.8 Å². The first-order valence-electron chi connectivity index (χ1n) is 9.02. The number of nitrogens with zero attached hydrogens (tertiary/aromatic N) is 2. The van der Waals surface area contributed by atoms with Crippen LogP contribution in [0.1, 0.15) is 50.1 Å². The molecule has 3 aromatic heterocycles. The molecule has 13 heteroatoms. The second-order valence-corrected chi connectivity index (χ2v) is 11.8. The Hall–Kier alpha value is -1.77. The lowest BCUT2D eigenvalue weighted by Gasteiger charge is -2.21. The molecule has 164 valence electrons. The topological polar surface area (TPSA) is 153 Å². The third-order valence-corrected chi connectivity index (χ3v) is 8.55. The molecule has 0 aliphatic carbocycles. The fourth-order valence-electron chi connectivity index (χ4n) is 2.74. The van der Waals surface area contributed by atoms with Crippen molar-refractivity contribution in [3.05, 3.63) is 27.3 Å². The molecule has 0 radical (unpaired) electrons. The molecule has 0 saturated heterocycles. The van der Waals surface area contributed by atoms with E-state index in [0.717, 1.165) is 16.2 Å². The Balaban J connectivity index is 1.89. The van der Waals surface area contributed by atoms with Crippen LogP contribution in [0.2, 0.25) is 0 Å². The van der Waals surface area contributed by atoms with Gasteiger partial charge in [-0.2, -0.15) is 0 Å². The number of rotatable bonds is 8. The van der Waals surface area contributed by atoms with E-state index in [1.165, 1.54) is 10.9 Å². The van der Waals surface area contributed by atoms with E-state index in [1.54, 1.807) is 11.3 Å². The zero-order valence-corrected chi connectivity index (χ0v) is 20.0. The molecule has 3 aromatic rings. The van der Waals surface area contributed by atoms with Gasteiger partial charge in [0.2, 0.25) is 11.6 Å². The minimum absolute atomic E-state index is 0.0930. The van der Waals surface area contributed by atoms with Gasteiger partial charge in [-0.1, -0.05) is 27.7 Å². The van der Waals surface area contributed by atoms with Gasteiger partial charge in [-0.25, -0.2) is 13.6 Å². The van der Waals surface area contributed by atoms with Crippen molar-refractivity contribution in [2.45, 2.75) is 43.9 Å². The number of nitrogens with one attached hydrogen (secondary N) is 2. The van der Waals surface area contributed by atoms with Gasteiger partial charge in [-0.05, 0) is 28.8 Å². The Morgan fingerprint density at radius 3 is 2.37 bits per heavy atom. The Kier molecular flexibility index (Phi) is 6.69. The van der Waals surface area contributed by atoms with Crippen LogP contribution < -0.4 is 15.8 Å². The van der Waals surface area contributed by atoms with Gasteiger partial charge in [-0.3, -0.25) is 0 Å². The normalized spacial score (nSPS) is 13.8. The largest absolute Gasteiger partial charge is 0.546 e. The van der Waals surface area contributed by atoms with Crippen LogP contribution in [0.3, 0.4) is 0 Å². The van der Waals surface area contributed by atoms with Gasteiger partial charge in [0, 0.05) is 19.0 Å². The molecule has 0 saturated carbocycles. The molecule has 0 aliphatic rings. The van der Waals surface area contributed by atoms with E-state index in [9.17, 15) is 18.1 Å². The highest BCUT2D eigenvalue weighted by Gasteiger charge is 2.26. The smallest absolute Gasteiger partial charge is 0.251 e. The van der Waals surface area contributed by atoms with Crippen molar-refractivity contribution >= 4 is 61.2 Å². The average molecular weight is 490 g/mol. The fraction of sp³-hybridized carbons (Fsp3) is 0.412. The number of aromatic nitrogens is 2. The third kappa shape index (κ3) is 4.92. The van der Waals surface area contributed by atoms with Crippen LogP contribution in [0.5, 0.6) is 5.75 Å². The maximum atomic E-state index is 12.0. The van der Waals surface area contributed by atoms with Gasteiger partial charge >= 0.3 is 0 Å². The molecule has 0 amide bonds. The molecule has 9 nitrogen and oxygen atoms in total. The first-order chi connectivity index (χ1) is 14.0. The van der Waals surface area contributed by atoms with Crippen LogP contribution in [0.15, 0.2) is 21.0 Å². The minimum Gasteiger partial charge on any atom is -0.546 e. The van der Waals surface area contributed by atoms with E-state index in [2.05, 4.69) is 58.5 Å². The molecule has 2 atom stereocenters. The number of aromatic hydroxyl groups is 1. The zero-order chi connectivity index (χ0) is 22.2. The SMILES string of the molecule is CC(C)c1csc([C@H](Nc2n[s+]([O-])nc2Nc2csc(S(N)(=O)=O)c2O)C(C)C)c1. The van der Waals surface area contributed by atoms with Crippen LogP contribution in [-0.2, 0) is 10.0 Å². The summed E-state index contributed by atoms with van der Waals surface area (Å²) in [5, 5.41) is 24.9.